The summed E-state index contributed by atoms with van der Waals surface area (Å²) in [5, 5.41) is 3.68. The number of nitrogens with one attached hydrogen (secondary N) is 1. The Hall–Kier alpha value is -0.600. The van der Waals surface area contributed by atoms with Crippen LogP contribution < -0.4 is 5.32 Å². The summed E-state index contributed by atoms with van der Waals surface area (Å²) < 4.78 is 13.2. The maximum absolute atomic E-state index is 13.2. The number of benzene rings is 1. The SMILES string of the molecule is CCCC1CNCCC1c1ccc(F)c(Cl)c1. The van der Waals surface area contributed by atoms with Crippen LogP contribution in [0.1, 0.15) is 37.7 Å². The summed E-state index contributed by atoms with van der Waals surface area (Å²) in [5.74, 6) is 0.848. The Kier molecular flexibility index (Phi) is 4.41. The highest BCUT2D eigenvalue weighted by atomic mass is 35.5. The maximum Gasteiger partial charge on any atom is 0.141 e. The smallest absolute Gasteiger partial charge is 0.141 e. The maximum atomic E-state index is 13.2. The normalized spacial score (nSPS) is 24.9. The molecule has 0 bridgehead atoms. The molecule has 17 heavy (non-hydrogen) atoms. The van der Waals surface area contributed by atoms with Gasteiger partial charge in [-0.05, 0) is 55.5 Å². The lowest BCUT2D eigenvalue weighted by molar-refractivity contribution is 0.306. The first-order valence-corrected chi connectivity index (χ1v) is 6.75. The highest BCUT2D eigenvalue weighted by Gasteiger charge is 2.25. The van der Waals surface area contributed by atoms with Crippen molar-refractivity contribution in [3.63, 3.8) is 0 Å². The van der Waals surface area contributed by atoms with Gasteiger partial charge in [-0.1, -0.05) is 31.0 Å². The van der Waals surface area contributed by atoms with Gasteiger partial charge in [-0.15, -0.1) is 0 Å². The fourth-order valence-corrected chi connectivity index (χ4v) is 2.97. The predicted molar refractivity (Wildman–Crippen MR) is 70.0 cm³/mol. The third kappa shape index (κ3) is 2.99. The third-order valence-corrected chi connectivity index (χ3v) is 3.93. The lowest BCUT2D eigenvalue weighted by Gasteiger charge is -2.32. The highest BCUT2D eigenvalue weighted by Crippen LogP contribution is 2.34. The number of hydrogen-bond acceptors (Lipinski definition) is 1. The first kappa shape index (κ1) is 12.8. The molecule has 1 nitrogen and oxygen atoms in total. The molecule has 1 N–H and O–H groups in total. The number of rotatable bonds is 3. The molecule has 2 atom stereocenters. The molecule has 1 heterocycles. The van der Waals surface area contributed by atoms with Gasteiger partial charge in [0.2, 0.25) is 0 Å². The zero-order valence-corrected chi connectivity index (χ0v) is 10.9. The summed E-state index contributed by atoms with van der Waals surface area (Å²) in [6, 6.07) is 5.18. The highest BCUT2D eigenvalue weighted by molar-refractivity contribution is 6.30. The van der Waals surface area contributed by atoms with Gasteiger partial charge >= 0.3 is 0 Å². The van der Waals surface area contributed by atoms with Crippen LogP contribution in [0.5, 0.6) is 0 Å². The van der Waals surface area contributed by atoms with Gasteiger partial charge in [-0.3, -0.25) is 0 Å². The summed E-state index contributed by atoms with van der Waals surface area (Å²) in [6.07, 6.45) is 3.52. The Bertz CT molecular complexity index is 378. The molecule has 94 valence electrons. The minimum Gasteiger partial charge on any atom is -0.316 e. The minimum absolute atomic E-state index is 0.247. The van der Waals surface area contributed by atoms with Gasteiger partial charge in [0.25, 0.3) is 0 Å². The molecule has 2 unspecified atom stereocenters. The Morgan fingerprint density at radius 2 is 2.29 bits per heavy atom. The van der Waals surface area contributed by atoms with Crippen molar-refractivity contribution in [1.29, 1.82) is 0 Å². The molecule has 2 rings (SSSR count). The van der Waals surface area contributed by atoms with Crippen LogP contribution in [0, 0.1) is 11.7 Å². The molecule has 1 aromatic rings. The van der Waals surface area contributed by atoms with E-state index in [2.05, 4.69) is 12.2 Å². The van der Waals surface area contributed by atoms with E-state index >= 15 is 0 Å². The van der Waals surface area contributed by atoms with Gasteiger partial charge in [-0.2, -0.15) is 0 Å². The van der Waals surface area contributed by atoms with Crippen molar-refractivity contribution in [3.05, 3.63) is 34.6 Å². The number of piperidine rings is 1. The summed E-state index contributed by atoms with van der Waals surface area (Å²) in [5.41, 5.74) is 1.19. The van der Waals surface area contributed by atoms with E-state index in [1.807, 2.05) is 6.07 Å². The van der Waals surface area contributed by atoms with Crippen molar-refractivity contribution in [2.75, 3.05) is 13.1 Å². The molecule has 1 aliphatic rings. The van der Waals surface area contributed by atoms with Gasteiger partial charge in [0, 0.05) is 0 Å². The van der Waals surface area contributed by atoms with Gasteiger partial charge in [0.1, 0.15) is 5.82 Å². The zero-order valence-electron chi connectivity index (χ0n) is 10.2. The Balaban J connectivity index is 2.20. The van der Waals surface area contributed by atoms with Crippen LogP contribution in [-0.2, 0) is 0 Å². The van der Waals surface area contributed by atoms with E-state index in [1.54, 1.807) is 6.07 Å². The zero-order chi connectivity index (χ0) is 12.3. The fraction of sp³-hybridized carbons (Fsp3) is 0.571. The van der Waals surface area contributed by atoms with Crippen LogP contribution in [0.15, 0.2) is 18.2 Å². The molecule has 0 spiro atoms. The second-order valence-electron chi connectivity index (χ2n) is 4.82. The molecule has 1 fully saturated rings. The Labute approximate surface area is 107 Å². The average Bonchev–Trinajstić information content (AvgIpc) is 2.34. The van der Waals surface area contributed by atoms with Crippen molar-refractivity contribution in [3.8, 4) is 0 Å². The van der Waals surface area contributed by atoms with E-state index in [9.17, 15) is 4.39 Å². The average molecular weight is 256 g/mol. The molecule has 0 aliphatic carbocycles. The van der Waals surface area contributed by atoms with Gasteiger partial charge in [0.15, 0.2) is 0 Å². The van der Waals surface area contributed by atoms with Crippen LogP contribution in [0.25, 0.3) is 0 Å². The van der Waals surface area contributed by atoms with Crippen molar-refractivity contribution in [1.82, 2.24) is 5.32 Å². The predicted octanol–water partition coefficient (Wildman–Crippen LogP) is 3.97. The molecule has 1 saturated heterocycles. The molecule has 3 heteroatoms. The van der Waals surface area contributed by atoms with E-state index in [4.69, 9.17) is 11.6 Å². The topological polar surface area (TPSA) is 12.0 Å². The molecule has 0 amide bonds. The molecular formula is C14H19ClFN. The van der Waals surface area contributed by atoms with Crippen molar-refractivity contribution in [2.24, 2.45) is 5.92 Å². The first-order valence-electron chi connectivity index (χ1n) is 6.38. The summed E-state index contributed by atoms with van der Waals surface area (Å²) in [6.45, 7) is 4.32. The van der Waals surface area contributed by atoms with Crippen LogP contribution in [-0.4, -0.2) is 13.1 Å². The standard InChI is InChI=1S/C14H19ClFN/c1-2-3-11-9-17-7-6-12(11)10-4-5-14(16)13(15)8-10/h4-5,8,11-12,17H,2-3,6-7,9H2,1H3. The Morgan fingerprint density at radius 3 is 3.00 bits per heavy atom. The molecule has 1 aliphatic heterocycles. The van der Waals surface area contributed by atoms with Crippen molar-refractivity contribution in [2.45, 2.75) is 32.1 Å². The van der Waals surface area contributed by atoms with Crippen LogP contribution in [0.2, 0.25) is 5.02 Å². The van der Waals surface area contributed by atoms with E-state index in [0.29, 0.717) is 11.8 Å². The molecular weight excluding hydrogens is 237 g/mol. The number of halogens is 2. The van der Waals surface area contributed by atoms with E-state index in [1.165, 1.54) is 24.5 Å². The molecule has 0 saturated carbocycles. The fourth-order valence-electron chi connectivity index (χ4n) is 2.78. The van der Waals surface area contributed by atoms with Gasteiger partial charge in [-0.25, -0.2) is 4.39 Å². The number of hydrogen-bond donors (Lipinski definition) is 1. The second-order valence-corrected chi connectivity index (χ2v) is 5.23. The van der Waals surface area contributed by atoms with Crippen molar-refractivity contribution >= 4 is 11.6 Å². The molecule has 0 radical (unpaired) electrons. The lowest BCUT2D eigenvalue weighted by Crippen LogP contribution is -2.35. The Morgan fingerprint density at radius 1 is 1.47 bits per heavy atom. The monoisotopic (exact) mass is 255 g/mol. The molecule has 1 aromatic carbocycles. The van der Waals surface area contributed by atoms with Gasteiger partial charge < -0.3 is 5.32 Å². The van der Waals surface area contributed by atoms with Crippen molar-refractivity contribution < 1.29 is 4.39 Å². The van der Waals surface area contributed by atoms with Crippen LogP contribution in [0.4, 0.5) is 4.39 Å². The van der Waals surface area contributed by atoms with E-state index in [-0.39, 0.29) is 10.8 Å². The first-order chi connectivity index (χ1) is 8.22. The largest absolute Gasteiger partial charge is 0.316 e. The summed E-state index contributed by atoms with van der Waals surface area (Å²) >= 11 is 5.87. The minimum atomic E-state index is -0.323. The van der Waals surface area contributed by atoms with E-state index in [0.717, 1.165) is 19.5 Å². The second kappa shape index (κ2) is 5.83. The van der Waals surface area contributed by atoms with E-state index < -0.39 is 0 Å². The third-order valence-electron chi connectivity index (χ3n) is 3.64. The quantitative estimate of drug-likeness (QED) is 0.862. The summed E-state index contributed by atoms with van der Waals surface area (Å²) in [7, 11) is 0. The van der Waals surface area contributed by atoms with Gasteiger partial charge in [0.05, 0.1) is 5.02 Å². The van der Waals surface area contributed by atoms with Crippen LogP contribution >= 0.6 is 11.6 Å². The summed E-state index contributed by atoms with van der Waals surface area (Å²) in [4.78, 5) is 0. The lowest BCUT2D eigenvalue weighted by atomic mass is 9.79. The van der Waals surface area contributed by atoms with Crippen LogP contribution in [0.3, 0.4) is 0 Å². The molecule has 0 aromatic heterocycles.